The number of rotatable bonds is 5. The van der Waals surface area contributed by atoms with E-state index in [2.05, 4.69) is 40.3 Å². The van der Waals surface area contributed by atoms with Crippen LogP contribution in [0.5, 0.6) is 0 Å². The van der Waals surface area contributed by atoms with Crippen LogP contribution in [0.25, 0.3) is 44.3 Å². The molecule has 0 spiro atoms. The van der Waals surface area contributed by atoms with E-state index in [4.69, 9.17) is 4.98 Å². The second-order valence-electron chi connectivity index (χ2n) is 8.69. The Bertz CT molecular complexity index is 1710. The number of aromatic amines is 1. The van der Waals surface area contributed by atoms with Crippen molar-refractivity contribution < 1.29 is 0 Å². The lowest BCUT2D eigenvalue weighted by atomic mass is 9.96. The molecule has 0 fully saturated rings. The molecule has 0 saturated heterocycles. The van der Waals surface area contributed by atoms with Crippen molar-refractivity contribution in [2.75, 3.05) is 0 Å². The van der Waals surface area contributed by atoms with Gasteiger partial charge >= 0.3 is 0 Å². The molecule has 0 unspecified atom stereocenters. The van der Waals surface area contributed by atoms with Gasteiger partial charge in [-0.15, -0.1) is 0 Å². The van der Waals surface area contributed by atoms with Gasteiger partial charge in [0.1, 0.15) is 5.65 Å². The number of hydrogen-bond acceptors (Lipinski definition) is 3. The van der Waals surface area contributed by atoms with E-state index in [9.17, 15) is 4.79 Å². The number of fused-ring (bicyclic) bond motifs is 2. The smallest absolute Gasteiger partial charge is 0.194 e. The summed E-state index contributed by atoms with van der Waals surface area (Å²) >= 11 is 0. The molecule has 0 radical (unpaired) electrons. The van der Waals surface area contributed by atoms with Crippen LogP contribution < -0.4 is 5.43 Å². The molecule has 168 valence electrons. The fourth-order valence-electron chi connectivity index (χ4n) is 4.58. The summed E-state index contributed by atoms with van der Waals surface area (Å²) in [7, 11) is 0. The van der Waals surface area contributed by atoms with E-state index >= 15 is 0 Å². The first kappa shape index (κ1) is 21.0. The van der Waals surface area contributed by atoms with Gasteiger partial charge in [-0.1, -0.05) is 72.8 Å². The molecule has 6 rings (SSSR count). The van der Waals surface area contributed by atoms with Crippen LogP contribution in [0.4, 0.5) is 0 Å². The maximum Gasteiger partial charge on any atom is 0.194 e. The second kappa shape index (κ2) is 8.99. The lowest BCUT2D eigenvalue weighted by Crippen LogP contribution is -2.12. The Morgan fingerprint density at radius 3 is 2.37 bits per heavy atom. The van der Waals surface area contributed by atoms with Crippen LogP contribution in [0.3, 0.4) is 0 Å². The predicted molar refractivity (Wildman–Crippen MR) is 142 cm³/mol. The van der Waals surface area contributed by atoms with Crippen LogP contribution in [-0.2, 0) is 12.8 Å². The van der Waals surface area contributed by atoms with E-state index in [1.165, 1.54) is 5.56 Å². The summed E-state index contributed by atoms with van der Waals surface area (Å²) in [5, 5.41) is 1.66. The van der Waals surface area contributed by atoms with E-state index in [-0.39, 0.29) is 5.43 Å². The van der Waals surface area contributed by atoms with Crippen LogP contribution in [-0.4, -0.2) is 15.0 Å². The predicted octanol–water partition coefficient (Wildman–Crippen LogP) is 6.59. The lowest BCUT2D eigenvalue weighted by Gasteiger charge is -2.13. The molecule has 3 aromatic carbocycles. The van der Waals surface area contributed by atoms with Crippen LogP contribution in [0, 0.1) is 0 Å². The van der Waals surface area contributed by atoms with Crippen molar-refractivity contribution >= 4 is 21.9 Å². The first-order chi connectivity index (χ1) is 17.3. The highest BCUT2D eigenvalue weighted by Crippen LogP contribution is 2.33. The van der Waals surface area contributed by atoms with E-state index in [1.54, 1.807) is 6.20 Å². The van der Waals surface area contributed by atoms with E-state index < -0.39 is 0 Å². The SMILES string of the molecule is O=c1c(CCc2ccccc2)c[nH]c2nc(-c3ccccc3)c(-c3ccc4ncccc4c3)cc12. The zero-order valence-corrected chi connectivity index (χ0v) is 19.1. The summed E-state index contributed by atoms with van der Waals surface area (Å²) in [6.07, 6.45) is 5.10. The molecule has 3 heterocycles. The third-order valence-corrected chi connectivity index (χ3v) is 6.43. The maximum absolute atomic E-state index is 13.5. The number of nitrogens with zero attached hydrogens (tertiary/aromatic N) is 2. The minimum absolute atomic E-state index is 0.0329. The molecule has 3 aromatic heterocycles. The van der Waals surface area contributed by atoms with Crippen molar-refractivity contribution in [2.45, 2.75) is 12.8 Å². The van der Waals surface area contributed by atoms with Gasteiger partial charge < -0.3 is 4.98 Å². The Hall–Kier alpha value is -4.57. The maximum atomic E-state index is 13.5. The molecular formula is C31H23N3O. The summed E-state index contributed by atoms with van der Waals surface area (Å²) in [4.78, 5) is 26.2. The number of H-pyrrole nitrogens is 1. The topological polar surface area (TPSA) is 58.6 Å². The molecule has 35 heavy (non-hydrogen) atoms. The van der Waals surface area contributed by atoms with Crippen molar-refractivity contribution in [1.29, 1.82) is 0 Å². The van der Waals surface area contributed by atoms with Crippen molar-refractivity contribution in [3.63, 3.8) is 0 Å². The molecule has 0 saturated carbocycles. The van der Waals surface area contributed by atoms with E-state index in [1.807, 2.05) is 72.9 Å². The standard InChI is InChI=1S/C31H23N3O/c35-30-25(14-13-21-8-3-1-4-9-21)20-33-31-27(30)19-26(29(34-31)22-10-5-2-6-11-22)23-15-16-28-24(18-23)12-7-17-32-28/h1-12,15-20H,13-14H2,(H,33,34,35). The summed E-state index contributed by atoms with van der Waals surface area (Å²) < 4.78 is 0. The van der Waals surface area contributed by atoms with Crippen LogP contribution in [0.1, 0.15) is 11.1 Å². The monoisotopic (exact) mass is 453 g/mol. The Kier molecular flexibility index (Phi) is 5.39. The third-order valence-electron chi connectivity index (χ3n) is 6.43. The molecule has 1 N–H and O–H groups in total. The highest BCUT2D eigenvalue weighted by Gasteiger charge is 2.15. The van der Waals surface area contributed by atoms with Gasteiger partial charge in [0.25, 0.3) is 0 Å². The first-order valence-corrected chi connectivity index (χ1v) is 11.8. The minimum Gasteiger partial charge on any atom is -0.346 e. The average molecular weight is 454 g/mol. The number of benzene rings is 3. The minimum atomic E-state index is 0.0329. The number of hydrogen-bond donors (Lipinski definition) is 1. The molecule has 4 heteroatoms. The van der Waals surface area contributed by atoms with Gasteiger partial charge in [-0.25, -0.2) is 4.98 Å². The van der Waals surface area contributed by atoms with Crippen molar-refractivity contribution in [1.82, 2.24) is 15.0 Å². The van der Waals surface area contributed by atoms with Crippen molar-refractivity contribution in [3.8, 4) is 22.4 Å². The number of nitrogens with one attached hydrogen (secondary N) is 1. The molecule has 0 aliphatic heterocycles. The van der Waals surface area contributed by atoms with Gasteiger partial charge in [-0.3, -0.25) is 9.78 Å². The highest BCUT2D eigenvalue weighted by molar-refractivity contribution is 5.93. The summed E-state index contributed by atoms with van der Waals surface area (Å²) in [6.45, 7) is 0. The summed E-state index contributed by atoms with van der Waals surface area (Å²) in [6, 6.07) is 32.5. The third kappa shape index (κ3) is 4.11. The first-order valence-electron chi connectivity index (χ1n) is 11.8. The van der Waals surface area contributed by atoms with Gasteiger partial charge in [-0.05, 0) is 48.2 Å². The zero-order valence-electron chi connectivity index (χ0n) is 19.1. The Balaban J connectivity index is 1.51. The molecule has 0 aliphatic carbocycles. The van der Waals surface area contributed by atoms with Gasteiger partial charge in [0, 0.05) is 34.5 Å². The van der Waals surface area contributed by atoms with Gasteiger partial charge in [0.15, 0.2) is 5.43 Å². The zero-order chi connectivity index (χ0) is 23.6. The van der Waals surface area contributed by atoms with Crippen LogP contribution in [0.15, 0.2) is 114 Å². The Morgan fingerprint density at radius 1 is 0.743 bits per heavy atom. The Morgan fingerprint density at radius 2 is 1.54 bits per heavy atom. The second-order valence-corrected chi connectivity index (χ2v) is 8.69. The molecular weight excluding hydrogens is 430 g/mol. The molecule has 0 amide bonds. The number of aromatic nitrogens is 3. The highest BCUT2D eigenvalue weighted by atomic mass is 16.1. The average Bonchev–Trinajstić information content (AvgIpc) is 2.93. The molecule has 0 aliphatic rings. The summed E-state index contributed by atoms with van der Waals surface area (Å²) in [5.74, 6) is 0. The molecule has 4 nitrogen and oxygen atoms in total. The van der Waals surface area contributed by atoms with Gasteiger partial charge in [0.2, 0.25) is 0 Å². The number of aryl methyl sites for hydroxylation is 2. The largest absolute Gasteiger partial charge is 0.346 e. The molecule has 0 bridgehead atoms. The summed E-state index contributed by atoms with van der Waals surface area (Å²) in [5.41, 5.74) is 7.34. The lowest BCUT2D eigenvalue weighted by molar-refractivity contribution is 0.944. The normalized spacial score (nSPS) is 11.2. The quantitative estimate of drug-likeness (QED) is 0.320. The van der Waals surface area contributed by atoms with E-state index in [0.717, 1.165) is 45.3 Å². The van der Waals surface area contributed by atoms with Crippen molar-refractivity contribution in [2.24, 2.45) is 0 Å². The van der Waals surface area contributed by atoms with Gasteiger partial charge in [-0.2, -0.15) is 0 Å². The molecule has 0 atom stereocenters. The van der Waals surface area contributed by atoms with Gasteiger partial charge in [0.05, 0.1) is 16.6 Å². The fourth-order valence-corrected chi connectivity index (χ4v) is 4.58. The van der Waals surface area contributed by atoms with Crippen LogP contribution >= 0.6 is 0 Å². The van der Waals surface area contributed by atoms with Crippen LogP contribution in [0.2, 0.25) is 0 Å². The fraction of sp³-hybridized carbons (Fsp3) is 0.0645. The van der Waals surface area contributed by atoms with Crippen molar-refractivity contribution in [3.05, 3.63) is 131 Å². The molecule has 6 aromatic rings. The van der Waals surface area contributed by atoms with E-state index in [0.29, 0.717) is 17.5 Å². The Labute approximate surface area is 203 Å². The number of pyridine rings is 3.